The number of nitrogens with zero attached hydrogens (tertiary/aromatic N) is 1. The van der Waals surface area contributed by atoms with Gasteiger partial charge in [-0.15, -0.1) is 0 Å². The fraction of sp³-hybridized carbons (Fsp3) is 0.417. The fourth-order valence-electron chi connectivity index (χ4n) is 2.08. The summed E-state index contributed by atoms with van der Waals surface area (Å²) in [5, 5.41) is 0.795. The number of halogens is 2. The van der Waals surface area contributed by atoms with Crippen LogP contribution in [-0.4, -0.2) is 31.6 Å². The Morgan fingerprint density at radius 3 is 2.82 bits per heavy atom. The number of fused-ring (bicyclic) bond motifs is 1. The highest BCUT2D eigenvalue weighted by molar-refractivity contribution is 6.40. The summed E-state index contributed by atoms with van der Waals surface area (Å²) in [6.07, 6.45) is 0.825. The molecule has 1 aliphatic heterocycles. The van der Waals surface area contributed by atoms with Crippen LogP contribution in [0.5, 0.6) is 0 Å². The van der Waals surface area contributed by atoms with Crippen molar-refractivity contribution in [3.8, 4) is 0 Å². The van der Waals surface area contributed by atoms with Gasteiger partial charge in [-0.3, -0.25) is 0 Å². The smallest absolute Gasteiger partial charge is 0.340 e. The van der Waals surface area contributed by atoms with Gasteiger partial charge in [-0.1, -0.05) is 23.2 Å². The quantitative estimate of drug-likeness (QED) is 0.737. The van der Waals surface area contributed by atoms with Crippen molar-refractivity contribution in [3.05, 3.63) is 32.8 Å². The first-order valence-electron chi connectivity index (χ1n) is 5.31. The van der Waals surface area contributed by atoms with Crippen LogP contribution in [0.25, 0.3) is 0 Å². The molecule has 2 rings (SSSR count). The Bertz CT molecular complexity index is 474. The average molecular weight is 274 g/mol. The molecule has 0 saturated heterocycles. The Kier molecular flexibility index (Phi) is 3.61. The van der Waals surface area contributed by atoms with Gasteiger partial charge in [0.05, 0.1) is 22.7 Å². The summed E-state index contributed by atoms with van der Waals surface area (Å²) in [5.41, 5.74) is 2.37. The molecule has 0 saturated carbocycles. The first kappa shape index (κ1) is 12.7. The van der Waals surface area contributed by atoms with Crippen LogP contribution in [0.15, 0.2) is 6.07 Å². The van der Waals surface area contributed by atoms with E-state index >= 15 is 0 Å². The summed E-state index contributed by atoms with van der Waals surface area (Å²) in [7, 11) is 3.36. The summed E-state index contributed by atoms with van der Waals surface area (Å²) in [6, 6.07) is 1.81. The van der Waals surface area contributed by atoms with Crippen molar-refractivity contribution in [2.45, 2.75) is 13.0 Å². The van der Waals surface area contributed by atoms with Crippen LogP contribution in [-0.2, 0) is 17.7 Å². The number of benzene rings is 1. The maximum absolute atomic E-state index is 11.6. The molecule has 0 atom stereocenters. The average Bonchev–Trinajstić information content (AvgIpc) is 2.28. The van der Waals surface area contributed by atoms with Crippen LogP contribution < -0.4 is 0 Å². The predicted molar refractivity (Wildman–Crippen MR) is 67.8 cm³/mol. The van der Waals surface area contributed by atoms with Crippen molar-refractivity contribution in [2.75, 3.05) is 20.7 Å². The van der Waals surface area contributed by atoms with Crippen LogP contribution in [0.3, 0.4) is 0 Å². The third kappa shape index (κ3) is 2.28. The summed E-state index contributed by atoms with van der Waals surface area (Å²) in [5.74, 6) is -0.485. The van der Waals surface area contributed by atoms with Crippen LogP contribution >= 0.6 is 23.2 Å². The lowest BCUT2D eigenvalue weighted by molar-refractivity contribution is 0.0601. The van der Waals surface area contributed by atoms with Crippen molar-refractivity contribution < 1.29 is 9.53 Å². The standard InChI is InChI=1S/C12H13Cl2NO2/c1-15-4-3-8-7(6-15)5-9(13)10(11(8)14)12(16)17-2/h5H,3-4,6H2,1-2H3. The normalized spacial score (nSPS) is 15.5. The molecule has 3 nitrogen and oxygen atoms in total. The Hall–Kier alpha value is -0.770. The van der Waals surface area contributed by atoms with Crippen molar-refractivity contribution in [3.63, 3.8) is 0 Å². The van der Waals surface area contributed by atoms with Crippen molar-refractivity contribution >= 4 is 29.2 Å². The molecule has 0 aliphatic carbocycles. The highest BCUT2D eigenvalue weighted by Crippen LogP contribution is 2.34. The van der Waals surface area contributed by atoms with E-state index in [0.717, 1.165) is 30.6 Å². The number of methoxy groups -OCH3 is 1. The largest absolute Gasteiger partial charge is 0.465 e. The molecule has 0 amide bonds. The monoisotopic (exact) mass is 273 g/mol. The van der Waals surface area contributed by atoms with Gasteiger partial charge < -0.3 is 9.64 Å². The van der Waals surface area contributed by atoms with E-state index in [1.54, 1.807) is 0 Å². The first-order valence-corrected chi connectivity index (χ1v) is 6.06. The molecule has 0 unspecified atom stereocenters. The Morgan fingerprint density at radius 2 is 2.18 bits per heavy atom. The second kappa shape index (κ2) is 4.84. The van der Waals surface area contributed by atoms with Gasteiger partial charge in [0.1, 0.15) is 0 Å². The Balaban J connectivity index is 2.55. The minimum atomic E-state index is -0.485. The van der Waals surface area contributed by atoms with Gasteiger partial charge in [-0.2, -0.15) is 0 Å². The van der Waals surface area contributed by atoms with E-state index in [0.29, 0.717) is 10.0 Å². The second-order valence-corrected chi connectivity index (χ2v) is 4.95. The van der Waals surface area contributed by atoms with E-state index in [9.17, 15) is 4.79 Å². The highest BCUT2D eigenvalue weighted by atomic mass is 35.5. The molecule has 1 aromatic rings. The molecule has 5 heteroatoms. The number of rotatable bonds is 1. The van der Waals surface area contributed by atoms with E-state index in [4.69, 9.17) is 27.9 Å². The molecule has 0 aromatic heterocycles. The third-order valence-electron chi connectivity index (χ3n) is 2.99. The lowest BCUT2D eigenvalue weighted by atomic mass is 9.97. The molecule has 92 valence electrons. The number of hydrogen-bond donors (Lipinski definition) is 0. The maximum atomic E-state index is 11.6. The molecule has 0 fully saturated rings. The molecule has 0 radical (unpaired) electrons. The van der Waals surface area contributed by atoms with Gasteiger partial charge >= 0.3 is 5.97 Å². The number of carbonyl (C=O) groups is 1. The minimum Gasteiger partial charge on any atom is -0.465 e. The number of hydrogen-bond acceptors (Lipinski definition) is 3. The van der Waals surface area contributed by atoms with Crippen molar-refractivity contribution in [1.82, 2.24) is 4.90 Å². The van der Waals surface area contributed by atoms with Gasteiger partial charge in [-0.25, -0.2) is 4.79 Å². The van der Waals surface area contributed by atoms with Crippen LogP contribution in [0.2, 0.25) is 10.0 Å². The molecule has 1 heterocycles. The molecule has 1 aliphatic rings. The third-order valence-corrected chi connectivity index (χ3v) is 3.70. The second-order valence-electron chi connectivity index (χ2n) is 4.16. The van der Waals surface area contributed by atoms with Crippen molar-refractivity contribution in [2.24, 2.45) is 0 Å². The van der Waals surface area contributed by atoms with E-state index in [1.807, 2.05) is 13.1 Å². The molecular formula is C12H13Cl2NO2. The zero-order valence-corrected chi connectivity index (χ0v) is 11.2. The first-order chi connectivity index (χ1) is 8.04. The van der Waals surface area contributed by atoms with Gasteiger partial charge in [0.2, 0.25) is 0 Å². The molecule has 17 heavy (non-hydrogen) atoms. The summed E-state index contributed by atoms with van der Waals surface area (Å²) >= 11 is 12.3. The van der Waals surface area contributed by atoms with Crippen LogP contribution in [0.4, 0.5) is 0 Å². The minimum absolute atomic E-state index is 0.277. The van der Waals surface area contributed by atoms with E-state index in [-0.39, 0.29) is 5.56 Å². The van der Waals surface area contributed by atoms with Gasteiger partial charge in [0.25, 0.3) is 0 Å². The Labute approximate surface area is 110 Å². The number of esters is 1. The summed E-state index contributed by atoms with van der Waals surface area (Å²) < 4.78 is 4.69. The van der Waals surface area contributed by atoms with Crippen LogP contribution in [0.1, 0.15) is 21.5 Å². The van der Waals surface area contributed by atoms with E-state index < -0.39 is 5.97 Å². The van der Waals surface area contributed by atoms with Crippen molar-refractivity contribution in [1.29, 1.82) is 0 Å². The van der Waals surface area contributed by atoms with E-state index in [1.165, 1.54) is 7.11 Å². The summed E-state index contributed by atoms with van der Waals surface area (Å²) in [4.78, 5) is 13.8. The number of carbonyl (C=O) groups excluding carboxylic acids is 1. The number of ether oxygens (including phenoxy) is 1. The zero-order chi connectivity index (χ0) is 12.6. The molecular weight excluding hydrogens is 261 g/mol. The number of likely N-dealkylation sites (N-methyl/N-ethyl adjacent to an activating group) is 1. The summed E-state index contributed by atoms with van der Waals surface area (Å²) in [6.45, 7) is 1.73. The van der Waals surface area contributed by atoms with E-state index in [2.05, 4.69) is 4.90 Å². The topological polar surface area (TPSA) is 29.5 Å². The Morgan fingerprint density at radius 1 is 1.47 bits per heavy atom. The lowest BCUT2D eigenvalue weighted by Gasteiger charge is -2.26. The zero-order valence-electron chi connectivity index (χ0n) is 9.72. The lowest BCUT2D eigenvalue weighted by Crippen LogP contribution is -2.27. The predicted octanol–water partition coefficient (Wildman–Crippen LogP) is 2.77. The molecule has 1 aromatic carbocycles. The highest BCUT2D eigenvalue weighted by Gasteiger charge is 2.24. The fourth-order valence-corrected chi connectivity index (χ4v) is 2.83. The molecule has 0 spiro atoms. The SMILES string of the molecule is COC(=O)c1c(Cl)cc2c(c1Cl)CCN(C)C2. The van der Waals surface area contributed by atoms with Gasteiger partial charge in [0, 0.05) is 13.1 Å². The molecule has 0 bridgehead atoms. The maximum Gasteiger partial charge on any atom is 0.340 e. The van der Waals surface area contributed by atoms with Gasteiger partial charge in [-0.05, 0) is 30.7 Å². The molecule has 0 N–H and O–H groups in total. The van der Waals surface area contributed by atoms with Gasteiger partial charge in [0.15, 0.2) is 0 Å². The van der Waals surface area contributed by atoms with Crippen LogP contribution in [0, 0.1) is 0 Å².